The standard InChI is InChI=1S/C16H21BrO4/c1-5-6-10-20-15(19)13-11(8-7-9-12(13)17)14(18)21-16(2,3)4/h7-9H,5-6,10H2,1-4H3. The zero-order chi connectivity index (χ0) is 16.0. The zero-order valence-corrected chi connectivity index (χ0v) is 14.5. The van der Waals surface area contributed by atoms with Crippen LogP contribution in [0.25, 0.3) is 0 Å². The third-order valence-electron chi connectivity index (χ3n) is 2.57. The molecule has 1 aromatic rings. The number of benzene rings is 1. The lowest BCUT2D eigenvalue weighted by atomic mass is 10.1. The largest absolute Gasteiger partial charge is 0.462 e. The van der Waals surface area contributed by atoms with Gasteiger partial charge in [-0.05, 0) is 55.3 Å². The number of unbranched alkanes of at least 4 members (excludes halogenated alkanes) is 1. The lowest BCUT2D eigenvalue weighted by Crippen LogP contribution is -2.25. The molecule has 1 rings (SSSR count). The molecule has 21 heavy (non-hydrogen) atoms. The van der Waals surface area contributed by atoms with Gasteiger partial charge in [-0.25, -0.2) is 9.59 Å². The van der Waals surface area contributed by atoms with Crippen LogP contribution in [0, 0.1) is 0 Å². The summed E-state index contributed by atoms with van der Waals surface area (Å²) in [5, 5.41) is 0. The Bertz CT molecular complexity index is 517. The van der Waals surface area contributed by atoms with Gasteiger partial charge >= 0.3 is 11.9 Å². The third kappa shape index (κ3) is 5.50. The van der Waals surface area contributed by atoms with E-state index in [9.17, 15) is 9.59 Å². The topological polar surface area (TPSA) is 52.6 Å². The van der Waals surface area contributed by atoms with Gasteiger partial charge in [0, 0.05) is 4.47 Å². The first-order valence-corrected chi connectivity index (χ1v) is 7.74. The van der Waals surface area contributed by atoms with E-state index in [1.807, 2.05) is 6.92 Å². The third-order valence-corrected chi connectivity index (χ3v) is 3.23. The lowest BCUT2D eigenvalue weighted by Gasteiger charge is -2.20. The van der Waals surface area contributed by atoms with Gasteiger partial charge in [0.15, 0.2) is 0 Å². The van der Waals surface area contributed by atoms with E-state index in [0.717, 1.165) is 12.8 Å². The Morgan fingerprint density at radius 1 is 1.19 bits per heavy atom. The molecule has 5 heteroatoms. The summed E-state index contributed by atoms with van der Waals surface area (Å²) in [6.07, 6.45) is 1.72. The predicted octanol–water partition coefficient (Wildman–Crippen LogP) is 4.36. The van der Waals surface area contributed by atoms with Gasteiger partial charge in [0.2, 0.25) is 0 Å². The minimum atomic E-state index is -0.622. The highest BCUT2D eigenvalue weighted by molar-refractivity contribution is 9.10. The summed E-state index contributed by atoms with van der Waals surface area (Å²) in [7, 11) is 0. The molecule has 0 aliphatic heterocycles. The average molecular weight is 357 g/mol. The Kier molecular flexibility index (Phi) is 6.40. The van der Waals surface area contributed by atoms with Crippen molar-refractivity contribution < 1.29 is 19.1 Å². The van der Waals surface area contributed by atoms with E-state index in [4.69, 9.17) is 9.47 Å². The molecule has 0 spiro atoms. The smallest absolute Gasteiger partial charge is 0.340 e. The van der Waals surface area contributed by atoms with Crippen molar-refractivity contribution in [1.29, 1.82) is 0 Å². The maximum absolute atomic E-state index is 12.2. The lowest BCUT2D eigenvalue weighted by molar-refractivity contribution is 0.00639. The van der Waals surface area contributed by atoms with Crippen LogP contribution in [0.5, 0.6) is 0 Å². The minimum absolute atomic E-state index is 0.209. The summed E-state index contributed by atoms with van der Waals surface area (Å²) < 4.78 is 11.0. The van der Waals surface area contributed by atoms with Crippen molar-refractivity contribution in [2.45, 2.75) is 46.1 Å². The molecule has 0 amide bonds. The Hall–Kier alpha value is -1.36. The van der Waals surface area contributed by atoms with Crippen molar-refractivity contribution in [3.8, 4) is 0 Å². The number of rotatable bonds is 5. The van der Waals surface area contributed by atoms with E-state index in [1.165, 1.54) is 0 Å². The fourth-order valence-electron chi connectivity index (χ4n) is 1.62. The summed E-state index contributed by atoms with van der Waals surface area (Å²) in [6.45, 7) is 7.69. The van der Waals surface area contributed by atoms with E-state index >= 15 is 0 Å². The molecular weight excluding hydrogens is 336 g/mol. The van der Waals surface area contributed by atoms with E-state index < -0.39 is 17.5 Å². The molecule has 0 aliphatic rings. The van der Waals surface area contributed by atoms with Gasteiger partial charge in [-0.2, -0.15) is 0 Å². The number of carbonyl (C=O) groups is 2. The zero-order valence-electron chi connectivity index (χ0n) is 12.9. The second-order valence-electron chi connectivity index (χ2n) is 5.65. The molecule has 1 aromatic carbocycles. The molecule has 0 aromatic heterocycles. The minimum Gasteiger partial charge on any atom is -0.462 e. The quantitative estimate of drug-likeness (QED) is 0.580. The van der Waals surface area contributed by atoms with E-state index in [2.05, 4.69) is 15.9 Å². The predicted molar refractivity (Wildman–Crippen MR) is 84.5 cm³/mol. The van der Waals surface area contributed by atoms with Crippen molar-refractivity contribution in [2.24, 2.45) is 0 Å². The molecule has 0 N–H and O–H groups in total. The molecule has 116 valence electrons. The van der Waals surface area contributed by atoms with Crippen molar-refractivity contribution in [1.82, 2.24) is 0 Å². The summed E-state index contributed by atoms with van der Waals surface area (Å²) in [4.78, 5) is 24.4. The number of halogens is 1. The van der Waals surface area contributed by atoms with Crippen LogP contribution in [0.1, 0.15) is 61.3 Å². The monoisotopic (exact) mass is 356 g/mol. The fourth-order valence-corrected chi connectivity index (χ4v) is 2.14. The van der Waals surface area contributed by atoms with Crippen molar-refractivity contribution >= 4 is 27.9 Å². The van der Waals surface area contributed by atoms with Crippen LogP contribution in [-0.4, -0.2) is 24.1 Å². The van der Waals surface area contributed by atoms with Gasteiger partial charge in [-0.1, -0.05) is 19.4 Å². The Balaban J connectivity index is 3.03. The number of ether oxygens (including phenoxy) is 2. The van der Waals surface area contributed by atoms with Crippen LogP contribution in [-0.2, 0) is 9.47 Å². The molecule has 0 saturated heterocycles. The second kappa shape index (κ2) is 7.59. The second-order valence-corrected chi connectivity index (χ2v) is 6.51. The Labute approximate surface area is 133 Å². The normalized spacial score (nSPS) is 11.1. The molecule has 0 heterocycles. The number of esters is 2. The van der Waals surface area contributed by atoms with Crippen LogP contribution >= 0.6 is 15.9 Å². The first-order valence-electron chi connectivity index (χ1n) is 6.95. The highest BCUT2D eigenvalue weighted by atomic mass is 79.9. The average Bonchev–Trinajstić information content (AvgIpc) is 2.36. The number of hydrogen-bond acceptors (Lipinski definition) is 4. The highest BCUT2D eigenvalue weighted by Gasteiger charge is 2.25. The summed E-state index contributed by atoms with van der Waals surface area (Å²) in [6, 6.07) is 4.95. The van der Waals surface area contributed by atoms with Crippen LogP contribution in [0.15, 0.2) is 22.7 Å². The van der Waals surface area contributed by atoms with E-state index in [1.54, 1.807) is 39.0 Å². The van der Waals surface area contributed by atoms with Gasteiger partial charge in [-0.15, -0.1) is 0 Å². The van der Waals surface area contributed by atoms with Crippen molar-refractivity contribution in [2.75, 3.05) is 6.61 Å². The Morgan fingerprint density at radius 2 is 1.86 bits per heavy atom. The molecule has 0 bridgehead atoms. The van der Waals surface area contributed by atoms with Gasteiger partial charge in [0.25, 0.3) is 0 Å². The highest BCUT2D eigenvalue weighted by Crippen LogP contribution is 2.24. The molecule has 0 radical (unpaired) electrons. The maximum Gasteiger partial charge on any atom is 0.340 e. The molecule has 0 saturated carbocycles. The first kappa shape index (κ1) is 17.7. The van der Waals surface area contributed by atoms with E-state index in [-0.39, 0.29) is 11.1 Å². The molecule has 0 aliphatic carbocycles. The fraction of sp³-hybridized carbons (Fsp3) is 0.500. The van der Waals surface area contributed by atoms with Crippen molar-refractivity contribution in [3.05, 3.63) is 33.8 Å². The molecule has 0 atom stereocenters. The summed E-state index contributed by atoms with van der Waals surface area (Å²) in [5.74, 6) is -1.05. The van der Waals surface area contributed by atoms with Gasteiger partial charge in [0.1, 0.15) is 5.60 Å². The number of hydrogen-bond donors (Lipinski definition) is 0. The molecule has 4 nitrogen and oxygen atoms in total. The van der Waals surface area contributed by atoms with Gasteiger partial charge in [0.05, 0.1) is 17.7 Å². The van der Waals surface area contributed by atoms with E-state index in [0.29, 0.717) is 11.1 Å². The number of carbonyl (C=O) groups excluding carboxylic acids is 2. The summed E-state index contributed by atoms with van der Waals surface area (Å²) in [5.41, 5.74) is -0.202. The summed E-state index contributed by atoms with van der Waals surface area (Å²) >= 11 is 3.30. The molecular formula is C16H21BrO4. The van der Waals surface area contributed by atoms with Crippen LogP contribution in [0.2, 0.25) is 0 Å². The maximum atomic E-state index is 12.2. The van der Waals surface area contributed by atoms with Crippen LogP contribution in [0.3, 0.4) is 0 Å². The molecule has 0 fully saturated rings. The Morgan fingerprint density at radius 3 is 2.43 bits per heavy atom. The van der Waals surface area contributed by atoms with Gasteiger partial charge < -0.3 is 9.47 Å². The van der Waals surface area contributed by atoms with Crippen LogP contribution in [0.4, 0.5) is 0 Å². The van der Waals surface area contributed by atoms with Crippen molar-refractivity contribution in [3.63, 3.8) is 0 Å². The van der Waals surface area contributed by atoms with Crippen LogP contribution < -0.4 is 0 Å². The first-order chi connectivity index (χ1) is 9.76. The van der Waals surface area contributed by atoms with Gasteiger partial charge in [-0.3, -0.25) is 0 Å². The molecule has 0 unspecified atom stereocenters. The SMILES string of the molecule is CCCCOC(=O)c1c(Br)cccc1C(=O)OC(C)(C)C.